The maximum Gasteiger partial charge on any atom is 0.337 e. The monoisotopic (exact) mass is 359 g/mol. The second-order valence-electron chi connectivity index (χ2n) is 4.73. The summed E-state index contributed by atoms with van der Waals surface area (Å²) in [5.41, 5.74) is 1.15. The molecule has 0 N–H and O–H groups in total. The number of carbonyl (C=O) groups excluding carboxylic acids is 3. The molecule has 1 aliphatic rings. The summed E-state index contributed by atoms with van der Waals surface area (Å²) in [6.07, 6.45) is -0.0627. The quantitative estimate of drug-likeness (QED) is 0.448. The van der Waals surface area contributed by atoms with Gasteiger partial charge in [0.25, 0.3) is 11.8 Å². The fourth-order valence-corrected chi connectivity index (χ4v) is 2.30. The van der Waals surface area contributed by atoms with Gasteiger partial charge in [0.05, 0.1) is 13.0 Å². The fraction of sp³-hybridized carbons (Fsp3) is 0.308. The van der Waals surface area contributed by atoms with Crippen molar-refractivity contribution in [2.24, 2.45) is 0 Å². The van der Waals surface area contributed by atoms with Crippen LogP contribution in [0.15, 0.2) is 24.3 Å². The molecule has 1 heterocycles. The summed E-state index contributed by atoms with van der Waals surface area (Å²) in [7, 11) is -3.82. The van der Waals surface area contributed by atoms with Crippen molar-refractivity contribution in [2.75, 3.05) is 0 Å². The summed E-state index contributed by atoms with van der Waals surface area (Å²) in [6, 6.07) is 6.32. The van der Waals surface area contributed by atoms with Crippen LogP contribution in [0, 0.1) is 0 Å². The molecule has 0 bridgehead atoms. The Morgan fingerprint density at radius 1 is 1.09 bits per heavy atom. The Bertz CT molecular complexity index is 711. The lowest BCUT2D eigenvalue weighted by atomic mass is 10.1. The third-order valence-corrected chi connectivity index (χ3v) is 3.68. The molecule has 124 valence electrons. The number of hydroxylamine groups is 2. The first-order valence-electron chi connectivity index (χ1n) is 6.51. The molecule has 1 fully saturated rings. The van der Waals surface area contributed by atoms with Crippen LogP contribution in [-0.2, 0) is 45.6 Å². The van der Waals surface area contributed by atoms with E-state index in [1.165, 1.54) is 0 Å². The molecule has 0 aromatic heterocycles. The Hall–Kier alpha value is -1.91. The van der Waals surface area contributed by atoms with Crippen LogP contribution in [-0.4, -0.2) is 31.3 Å². The van der Waals surface area contributed by atoms with Gasteiger partial charge in [-0.2, -0.15) is 8.42 Å². The van der Waals surface area contributed by atoms with E-state index in [0.29, 0.717) is 16.2 Å². The third-order valence-electron chi connectivity index (χ3n) is 2.94. The van der Waals surface area contributed by atoms with Crippen LogP contribution in [0.2, 0.25) is 0 Å². The van der Waals surface area contributed by atoms with Gasteiger partial charge in [-0.3, -0.25) is 13.8 Å². The minimum absolute atomic E-state index is 0.0366. The summed E-state index contributed by atoms with van der Waals surface area (Å²) in [4.78, 5) is 39.1. The number of hydrogen-bond acceptors (Lipinski definition) is 7. The second-order valence-corrected chi connectivity index (χ2v) is 7.16. The molecule has 0 radical (unpaired) electrons. The van der Waals surface area contributed by atoms with Gasteiger partial charge in [0.1, 0.15) is 0 Å². The lowest BCUT2D eigenvalue weighted by Crippen LogP contribution is -2.32. The number of hydrogen-bond donors (Lipinski definition) is 1. The molecule has 0 unspecified atom stereocenters. The van der Waals surface area contributed by atoms with E-state index in [9.17, 15) is 22.8 Å². The van der Waals surface area contributed by atoms with Crippen LogP contribution >= 0.6 is 11.7 Å². The lowest BCUT2D eigenvalue weighted by Gasteiger charge is -2.12. The maximum atomic E-state index is 11.7. The zero-order valence-electron chi connectivity index (χ0n) is 11.8. The number of thiol groups is 1. The molecular weight excluding hydrogens is 346 g/mol. The first-order chi connectivity index (χ1) is 10.7. The highest BCUT2D eigenvalue weighted by molar-refractivity contribution is 8.61. The average Bonchev–Trinajstić information content (AvgIpc) is 2.77. The summed E-state index contributed by atoms with van der Waals surface area (Å²) in [5.74, 6) is -1.82. The Kier molecular flexibility index (Phi) is 5.39. The van der Waals surface area contributed by atoms with Gasteiger partial charge in [-0.05, 0) is 22.8 Å². The topological polar surface area (TPSA) is 107 Å². The maximum absolute atomic E-state index is 11.7. The molecule has 2 amide bonds. The predicted octanol–water partition coefficient (Wildman–Crippen LogP) is 0.528. The number of rotatable bonds is 6. The molecular formula is C13H13NO7S2. The van der Waals surface area contributed by atoms with Crippen LogP contribution in [0.1, 0.15) is 24.0 Å². The largest absolute Gasteiger partial charge is 0.337 e. The van der Waals surface area contributed by atoms with Gasteiger partial charge < -0.3 is 4.84 Å². The van der Waals surface area contributed by atoms with Crippen molar-refractivity contribution >= 4 is 38.6 Å². The van der Waals surface area contributed by atoms with Crippen molar-refractivity contribution in [3.63, 3.8) is 0 Å². The molecule has 1 aliphatic heterocycles. The highest BCUT2D eigenvalue weighted by Gasteiger charge is 2.32. The van der Waals surface area contributed by atoms with Crippen LogP contribution in [0.3, 0.4) is 0 Å². The minimum atomic E-state index is -3.82. The van der Waals surface area contributed by atoms with Crippen LogP contribution < -0.4 is 0 Å². The molecule has 8 nitrogen and oxygen atoms in total. The van der Waals surface area contributed by atoms with E-state index < -0.39 is 26.9 Å². The molecule has 0 aliphatic carbocycles. The summed E-state index contributed by atoms with van der Waals surface area (Å²) >= 11 is 3.25. The first-order valence-corrected chi connectivity index (χ1v) is 8.97. The molecule has 1 aromatic carbocycles. The highest BCUT2D eigenvalue weighted by Crippen LogP contribution is 2.14. The molecule has 1 aromatic rings. The smallest absolute Gasteiger partial charge is 0.330 e. The van der Waals surface area contributed by atoms with Crippen molar-refractivity contribution in [3.05, 3.63) is 35.4 Å². The molecule has 10 heteroatoms. The normalized spacial score (nSPS) is 15.1. The molecule has 0 atom stereocenters. The molecule has 0 spiro atoms. The van der Waals surface area contributed by atoms with Crippen molar-refractivity contribution < 1.29 is 31.8 Å². The molecule has 23 heavy (non-hydrogen) atoms. The third kappa shape index (κ3) is 5.34. The van der Waals surface area contributed by atoms with Crippen molar-refractivity contribution in [2.45, 2.75) is 25.9 Å². The summed E-state index contributed by atoms with van der Waals surface area (Å²) < 4.78 is 26.0. The Labute approximate surface area is 137 Å². The van der Waals surface area contributed by atoms with Crippen molar-refractivity contribution in [1.82, 2.24) is 5.06 Å². The minimum Gasteiger partial charge on any atom is -0.330 e. The van der Waals surface area contributed by atoms with Crippen LogP contribution in [0.4, 0.5) is 0 Å². The predicted molar refractivity (Wildman–Crippen MR) is 80.0 cm³/mol. The van der Waals surface area contributed by atoms with Gasteiger partial charge in [0, 0.05) is 12.8 Å². The standard InChI is InChI=1S/C13H13NO7S2/c15-11-5-6-12(16)14(11)21-13(17)7-9-1-3-10(4-2-9)8-20-23(18,19)22/h1-4H,5-8H2,(H,18,19,22). The first kappa shape index (κ1) is 17.4. The zero-order chi connectivity index (χ0) is 17.0. The van der Waals surface area contributed by atoms with Crippen LogP contribution in [0.5, 0.6) is 0 Å². The summed E-state index contributed by atoms with van der Waals surface area (Å²) in [6.45, 7) is -0.173. The van der Waals surface area contributed by atoms with E-state index in [2.05, 4.69) is 15.8 Å². The van der Waals surface area contributed by atoms with Gasteiger partial charge in [0.15, 0.2) is 0 Å². The molecule has 1 saturated heterocycles. The van der Waals surface area contributed by atoms with Crippen molar-refractivity contribution in [1.29, 1.82) is 0 Å². The molecule has 2 rings (SSSR count). The summed E-state index contributed by atoms with van der Waals surface area (Å²) in [5, 5.41) is 0.488. The lowest BCUT2D eigenvalue weighted by molar-refractivity contribution is -0.197. The Morgan fingerprint density at radius 2 is 1.61 bits per heavy atom. The van der Waals surface area contributed by atoms with E-state index in [1.54, 1.807) is 24.3 Å². The van der Waals surface area contributed by atoms with E-state index in [-0.39, 0.29) is 25.9 Å². The number of amides is 2. The van der Waals surface area contributed by atoms with Crippen molar-refractivity contribution in [3.8, 4) is 0 Å². The molecule has 0 saturated carbocycles. The highest BCUT2D eigenvalue weighted by atomic mass is 33.1. The van der Waals surface area contributed by atoms with E-state index in [1.807, 2.05) is 0 Å². The fourth-order valence-electron chi connectivity index (χ4n) is 1.85. The number of benzene rings is 1. The number of nitrogens with zero attached hydrogens (tertiary/aromatic N) is 1. The van der Waals surface area contributed by atoms with Gasteiger partial charge in [0.2, 0.25) is 0 Å². The van der Waals surface area contributed by atoms with Crippen LogP contribution in [0.25, 0.3) is 0 Å². The number of carbonyl (C=O) groups is 3. The van der Waals surface area contributed by atoms with Gasteiger partial charge in [-0.1, -0.05) is 24.3 Å². The average molecular weight is 359 g/mol. The number of imide groups is 1. The second kappa shape index (κ2) is 7.11. The van der Waals surface area contributed by atoms with E-state index >= 15 is 0 Å². The van der Waals surface area contributed by atoms with Gasteiger partial charge >= 0.3 is 15.1 Å². The Balaban J connectivity index is 1.89. The Morgan fingerprint density at radius 3 is 2.13 bits per heavy atom. The van der Waals surface area contributed by atoms with Gasteiger partial charge in [-0.15, -0.1) is 5.06 Å². The SMILES string of the molecule is O=C(Cc1ccc(COS(=O)(=O)S)cc1)ON1C(=O)CCC1=O. The zero-order valence-corrected chi connectivity index (χ0v) is 13.5. The van der Waals surface area contributed by atoms with E-state index in [0.717, 1.165) is 0 Å². The van der Waals surface area contributed by atoms with Gasteiger partial charge in [-0.25, -0.2) is 4.79 Å². The van der Waals surface area contributed by atoms with E-state index in [4.69, 9.17) is 4.84 Å².